The summed E-state index contributed by atoms with van der Waals surface area (Å²) >= 11 is 13.0. The van der Waals surface area contributed by atoms with Gasteiger partial charge in [0.25, 0.3) is 11.8 Å². The van der Waals surface area contributed by atoms with Gasteiger partial charge >= 0.3 is 0 Å². The van der Waals surface area contributed by atoms with Gasteiger partial charge in [-0.05, 0) is 30.3 Å². The number of thiazole rings is 1. The highest BCUT2D eigenvalue weighted by atomic mass is 35.5. The number of hydrogen-bond donors (Lipinski definition) is 1. The largest absolute Gasteiger partial charge is 0.340 e. The lowest BCUT2D eigenvalue weighted by Gasteiger charge is -2.15. The van der Waals surface area contributed by atoms with Crippen LogP contribution in [0, 0.1) is 0 Å². The summed E-state index contributed by atoms with van der Waals surface area (Å²) in [7, 11) is 1.71. The van der Waals surface area contributed by atoms with Crippen LogP contribution in [-0.4, -0.2) is 40.3 Å². The molecule has 2 heterocycles. The molecule has 144 valence electrons. The van der Waals surface area contributed by atoms with Crippen molar-refractivity contribution < 1.29 is 9.59 Å². The second-order valence-corrected chi connectivity index (χ2v) is 7.59. The molecule has 3 rings (SSSR count). The Morgan fingerprint density at radius 1 is 1.18 bits per heavy atom. The first-order chi connectivity index (χ1) is 13.4. The van der Waals surface area contributed by atoms with Crippen molar-refractivity contribution >= 4 is 51.5 Å². The molecule has 0 unspecified atom stereocenters. The molecule has 0 radical (unpaired) electrons. The molecular formula is C19H16Cl2N4O2S. The molecule has 2 aromatic heterocycles. The maximum absolute atomic E-state index is 12.5. The molecule has 0 spiro atoms. The molecule has 28 heavy (non-hydrogen) atoms. The number of amides is 2. The SMILES string of the molecule is CN(CCc1ccccn1)C(=O)c1csc(NC(=O)c2ccc(Cl)c(Cl)c2)n1. The Morgan fingerprint density at radius 2 is 2.00 bits per heavy atom. The third-order valence-corrected chi connectivity index (χ3v) is 5.40. The zero-order chi connectivity index (χ0) is 20.1. The van der Waals surface area contributed by atoms with Gasteiger partial charge in [0, 0.05) is 42.8 Å². The molecule has 1 aromatic carbocycles. The second-order valence-electron chi connectivity index (χ2n) is 5.92. The lowest BCUT2D eigenvalue weighted by molar-refractivity contribution is 0.0791. The van der Waals surface area contributed by atoms with Crippen molar-refractivity contribution in [2.75, 3.05) is 18.9 Å². The second kappa shape index (κ2) is 9.14. The van der Waals surface area contributed by atoms with Gasteiger partial charge in [0.2, 0.25) is 0 Å². The van der Waals surface area contributed by atoms with Gasteiger partial charge in [-0.15, -0.1) is 11.3 Å². The number of pyridine rings is 1. The molecular weight excluding hydrogens is 419 g/mol. The van der Waals surface area contributed by atoms with Crippen molar-refractivity contribution in [3.05, 3.63) is 75.0 Å². The summed E-state index contributed by atoms with van der Waals surface area (Å²) < 4.78 is 0. The van der Waals surface area contributed by atoms with E-state index in [0.717, 1.165) is 5.69 Å². The van der Waals surface area contributed by atoms with E-state index in [9.17, 15) is 9.59 Å². The van der Waals surface area contributed by atoms with E-state index in [1.54, 1.807) is 35.7 Å². The van der Waals surface area contributed by atoms with Crippen molar-refractivity contribution in [1.29, 1.82) is 0 Å². The van der Waals surface area contributed by atoms with Crippen molar-refractivity contribution in [3.8, 4) is 0 Å². The summed E-state index contributed by atoms with van der Waals surface area (Å²) in [6.07, 6.45) is 2.37. The number of nitrogens with one attached hydrogen (secondary N) is 1. The van der Waals surface area contributed by atoms with E-state index < -0.39 is 0 Å². The number of hydrogen-bond acceptors (Lipinski definition) is 5. The Kier molecular flexibility index (Phi) is 6.61. The van der Waals surface area contributed by atoms with Crippen molar-refractivity contribution in [3.63, 3.8) is 0 Å². The zero-order valence-corrected chi connectivity index (χ0v) is 17.2. The van der Waals surface area contributed by atoms with E-state index in [-0.39, 0.29) is 17.5 Å². The van der Waals surface area contributed by atoms with Gasteiger partial charge in [-0.2, -0.15) is 0 Å². The highest BCUT2D eigenvalue weighted by molar-refractivity contribution is 7.14. The number of halogens is 2. The van der Waals surface area contributed by atoms with E-state index in [1.165, 1.54) is 17.4 Å². The van der Waals surface area contributed by atoms with Crippen LogP contribution in [0.3, 0.4) is 0 Å². The quantitative estimate of drug-likeness (QED) is 0.623. The van der Waals surface area contributed by atoms with Crippen molar-refractivity contribution in [1.82, 2.24) is 14.9 Å². The fourth-order valence-electron chi connectivity index (χ4n) is 2.36. The standard InChI is InChI=1S/C19H16Cl2N4O2S/c1-25(9-7-13-4-2-3-8-22-13)18(27)16-11-28-19(23-16)24-17(26)12-5-6-14(20)15(21)10-12/h2-6,8,10-11H,7,9H2,1H3,(H,23,24,26). The predicted octanol–water partition coefficient (Wildman–Crippen LogP) is 4.41. The molecule has 0 bridgehead atoms. The normalized spacial score (nSPS) is 10.5. The minimum atomic E-state index is -0.379. The van der Waals surface area contributed by atoms with Gasteiger partial charge in [0.05, 0.1) is 10.0 Å². The Hall–Kier alpha value is -2.48. The van der Waals surface area contributed by atoms with Crippen LogP contribution in [0.15, 0.2) is 48.0 Å². The Morgan fingerprint density at radius 3 is 2.71 bits per heavy atom. The lowest BCUT2D eigenvalue weighted by Crippen LogP contribution is -2.29. The minimum Gasteiger partial charge on any atom is -0.340 e. The average Bonchev–Trinajstić information content (AvgIpc) is 3.16. The molecule has 0 fully saturated rings. The van der Waals surface area contributed by atoms with E-state index in [1.807, 2.05) is 18.2 Å². The van der Waals surface area contributed by atoms with Gasteiger partial charge in [0.15, 0.2) is 5.13 Å². The lowest BCUT2D eigenvalue weighted by atomic mass is 10.2. The van der Waals surface area contributed by atoms with Gasteiger partial charge in [-0.1, -0.05) is 29.3 Å². The maximum Gasteiger partial charge on any atom is 0.273 e. The Labute approximate surface area is 176 Å². The third kappa shape index (κ3) is 5.07. The van der Waals surface area contributed by atoms with Crippen LogP contribution in [-0.2, 0) is 6.42 Å². The summed E-state index contributed by atoms with van der Waals surface area (Å²) in [5.74, 6) is -0.599. The Bertz CT molecular complexity index is 995. The first-order valence-electron chi connectivity index (χ1n) is 8.31. The van der Waals surface area contributed by atoms with Crippen molar-refractivity contribution in [2.45, 2.75) is 6.42 Å². The highest BCUT2D eigenvalue weighted by Crippen LogP contribution is 2.24. The Balaban J connectivity index is 1.60. The summed E-state index contributed by atoms with van der Waals surface area (Å²) in [4.78, 5) is 34.9. The summed E-state index contributed by atoms with van der Waals surface area (Å²) in [5.41, 5.74) is 1.54. The number of rotatable bonds is 6. The van der Waals surface area contributed by atoms with Crippen LogP contribution in [0.25, 0.3) is 0 Å². The fraction of sp³-hybridized carbons (Fsp3) is 0.158. The van der Waals surface area contributed by atoms with Gasteiger partial charge < -0.3 is 4.90 Å². The summed E-state index contributed by atoms with van der Waals surface area (Å²) in [5, 5.41) is 5.27. The fourth-order valence-corrected chi connectivity index (χ4v) is 3.34. The monoisotopic (exact) mass is 434 g/mol. The molecule has 0 aliphatic carbocycles. The van der Waals surface area contributed by atoms with E-state index in [0.29, 0.717) is 33.7 Å². The van der Waals surface area contributed by atoms with Crippen LogP contribution in [0.5, 0.6) is 0 Å². The molecule has 0 aliphatic heterocycles. The van der Waals surface area contributed by atoms with Crippen LogP contribution in [0.2, 0.25) is 10.0 Å². The number of likely N-dealkylation sites (N-methyl/N-ethyl adjacent to an activating group) is 1. The number of nitrogens with zero attached hydrogens (tertiary/aromatic N) is 3. The number of carbonyl (C=O) groups excluding carboxylic acids is 2. The van der Waals surface area contributed by atoms with E-state index in [2.05, 4.69) is 15.3 Å². The first kappa shape index (κ1) is 20.3. The van der Waals surface area contributed by atoms with E-state index in [4.69, 9.17) is 23.2 Å². The molecule has 0 aliphatic rings. The summed E-state index contributed by atoms with van der Waals surface area (Å²) in [6.45, 7) is 0.512. The predicted molar refractivity (Wildman–Crippen MR) is 111 cm³/mol. The zero-order valence-electron chi connectivity index (χ0n) is 14.9. The number of anilines is 1. The molecule has 6 nitrogen and oxygen atoms in total. The van der Waals surface area contributed by atoms with Crippen LogP contribution >= 0.6 is 34.5 Å². The van der Waals surface area contributed by atoms with Crippen molar-refractivity contribution in [2.24, 2.45) is 0 Å². The van der Waals surface area contributed by atoms with Gasteiger partial charge in [0.1, 0.15) is 5.69 Å². The molecule has 0 saturated heterocycles. The molecule has 0 atom stereocenters. The number of benzene rings is 1. The molecule has 1 N–H and O–H groups in total. The summed E-state index contributed by atoms with van der Waals surface area (Å²) in [6, 6.07) is 10.3. The topological polar surface area (TPSA) is 75.2 Å². The van der Waals surface area contributed by atoms with Crippen LogP contribution in [0.1, 0.15) is 26.5 Å². The molecule has 3 aromatic rings. The third-order valence-electron chi connectivity index (χ3n) is 3.90. The average molecular weight is 435 g/mol. The minimum absolute atomic E-state index is 0.220. The van der Waals surface area contributed by atoms with Gasteiger partial charge in [-0.3, -0.25) is 19.9 Å². The molecule has 2 amide bonds. The van der Waals surface area contributed by atoms with Crippen LogP contribution < -0.4 is 5.32 Å². The maximum atomic E-state index is 12.5. The number of aromatic nitrogens is 2. The van der Waals surface area contributed by atoms with Crippen LogP contribution in [0.4, 0.5) is 5.13 Å². The number of carbonyl (C=O) groups is 2. The highest BCUT2D eigenvalue weighted by Gasteiger charge is 2.17. The molecule has 0 saturated carbocycles. The molecule has 9 heteroatoms. The smallest absolute Gasteiger partial charge is 0.273 e. The van der Waals surface area contributed by atoms with Gasteiger partial charge in [-0.25, -0.2) is 4.98 Å². The first-order valence-corrected chi connectivity index (χ1v) is 9.95. The van der Waals surface area contributed by atoms with E-state index >= 15 is 0 Å².